The molecule has 0 bridgehead atoms. The summed E-state index contributed by atoms with van der Waals surface area (Å²) in [6, 6.07) is 4.98. The van der Waals surface area contributed by atoms with Gasteiger partial charge in [0.15, 0.2) is 0 Å². The Hall–Kier alpha value is -0.570. The number of rotatable bonds is 2. The summed E-state index contributed by atoms with van der Waals surface area (Å²) in [4.78, 5) is 7.19. The molecule has 0 spiro atoms. The van der Waals surface area contributed by atoms with Gasteiger partial charge in [-0.05, 0) is 31.2 Å². The van der Waals surface area contributed by atoms with E-state index in [1.165, 1.54) is 50.0 Å². The van der Waals surface area contributed by atoms with Gasteiger partial charge in [-0.2, -0.15) is 0 Å². The summed E-state index contributed by atoms with van der Waals surface area (Å²) >= 11 is 3.58. The minimum atomic E-state index is 0.761. The van der Waals surface area contributed by atoms with Gasteiger partial charge in [0.05, 0.1) is 0 Å². The Kier molecular flexibility index (Phi) is 3.37. The van der Waals surface area contributed by atoms with Crippen LogP contribution in [0.4, 0.5) is 5.82 Å². The minimum Gasteiger partial charge on any atom is -0.353 e. The third-order valence-electron chi connectivity index (χ3n) is 4.29. The van der Waals surface area contributed by atoms with E-state index >= 15 is 0 Å². The summed E-state index contributed by atoms with van der Waals surface area (Å²) in [5.41, 5.74) is 1.33. The minimum absolute atomic E-state index is 0.761. The average molecular weight is 295 g/mol. The van der Waals surface area contributed by atoms with Crippen LogP contribution in [0.25, 0.3) is 0 Å². The molecule has 0 amide bonds. The van der Waals surface area contributed by atoms with Crippen LogP contribution in [0.5, 0.6) is 0 Å². The number of pyridine rings is 1. The van der Waals surface area contributed by atoms with Crippen molar-refractivity contribution in [2.24, 2.45) is 5.92 Å². The Morgan fingerprint density at radius 3 is 3.06 bits per heavy atom. The molecule has 1 aromatic heterocycles. The van der Waals surface area contributed by atoms with Gasteiger partial charge >= 0.3 is 0 Å². The predicted molar refractivity (Wildman–Crippen MR) is 74.6 cm³/mol. The largest absolute Gasteiger partial charge is 0.353 e. The number of alkyl halides is 1. The normalized spacial score (nSPS) is 28.2. The molecular weight excluding hydrogens is 276 g/mol. The summed E-state index contributed by atoms with van der Waals surface area (Å²) in [7, 11) is 0. The molecule has 2 unspecified atom stereocenters. The van der Waals surface area contributed by atoms with Crippen molar-refractivity contribution in [2.75, 3.05) is 11.4 Å². The Morgan fingerprint density at radius 1 is 1.29 bits per heavy atom. The summed E-state index contributed by atoms with van der Waals surface area (Å²) < 4.78 is 0. The van der Waals surface area contributed by atoms with E-state index in [4.69, 9.17) is 0 Å². The third-order valence-corrected chi connectivity index (χ3v) is 4.90. The van der Waals surface area contributed by atoms with E-state index in [2.05, 4.69) is 31.9 Å². The SMILES string of the molecule is BrCc1cccnc1N1CCC2CCCCC21. The highest BCUT2D eigenvalue weighted by atomic mass is 79.9. The molecule has 3 rings (SSSR count). The monoisotopic (exact) mass is 294 g/mol. The second-order valence-electron chi connectivity index (χ2n) is 5.21. The molecule has 92 valence electrons. The molecule has 1 aliphatic heterocycles. The number of hydrogen-bond acceptors (Lipinski definition) is 2. The van der Waals surface area contributed by atoms with Crippen molar-refractivity contribution in [1.29, 1.82) is 0 Å². The number of aromatic nitrogens is 1. The topological polar surface area (TPSA) is 16.1 Å². The molecule has 0 radical (unpaired) electrons. The first-order valence-corrected chi connectivity index (χ1v) is 7.79. The number of nitrogens with zero attached hydrogens (tertiary/aromatic N) is 2. The molecule has 17 heavy (non-hydrogen) atoms. The van der Waals surface area contributed by atoms with E-state index in [9.17, 15) is 0 Å². The molecule has 0 N–H and O–H groups in total. The lowest BCUT2D eigenvalue weighted by Gasteiger charge is -2.33. The lowest BCUT2D eigenvalue weighted by Crippen LogP contribution is -2.35. The van der Waals surface area contributed by atoms with Gasteiger partial charge in [0.25, 0.3) is 0 Å². The van der Waals surface area contributed by atoms with E-state index in [0.29, 0.717) is 0 Å². The van der Waals surface area contributed by atoms with Gasteiger partial charge in [-0.3, -0.25) is 0 Å². The van der Waals surface area contributed by atoms with Gasteiger partial charge in [-0.15, -0.1) is 0 Å². The number of halogens is 1. The van der Waals surface area contributed by atoms with Crippen LogP contribution in [0.1, 0.15) is 37.7 Å². The van der Waals surface area contributed by atoms with E-state index in [1.54, 1.807) is 0 Å². The molecule has 1 aromatic rings. The molecule has 2 fully saturated rings. The zero-order chi connectivity index (χ0) is 11.7. The standard InChI is InChI=1S/C14H19BrN2/c15-10-12-5-3-8-16-14(12)17-9-7-11-4-1-2-6-13(11)17/h3,5,8,11,13H,1-2,4,6-7,9-10H2. The maximum Gasteiger partial charge on any atom is 0.132 e. The van der Waals surface area contributed by atoms with E-state index < -0.39 is 0 Å². The Balaban J connectivity index is 1.88. The van der Waals surface area contributed by atoms with Gasteiger partial charge in [-0.25, -0.2) is 4.98 Å². The highest BCUT2D eigenvalue weighted by Gasteiger charge is 2.36. The van der Waals surface area contributed by atoms with Crippen LogP contribution < -0.4 is 4.90 Å². The maximum absolute atomic E-state index is 4.62. The van der Waals surface area contributed by atoms with Crippen LogP contribution in [0.2, 0.25) is 0 Å². The highest BCUT2D eigenvalue weighted by Crippen LogP contribution is 2.39. The zero-order valence-corrected chi connectivity index (χ0v) is 11.7. The zero-order valence-electron chi connectivity index (χ0n) is 10.1. The fourth-order valence-electron chi connectivity index (χ4n) is 3.46. The lowest BCUT2D eigenvalue weighted by atomic mass is 9.85. The van der Waals surface area contributed by atoms with Crippen molar-refractivity contribution in [3.05, 3.63) is 23.9 Å². The molecule has 2 heterocycles. The van der Waals surface area contributed by atoms with Crippen molar-refractivity contribution in [1.82, 2.24) is 4.98 Å². The average Bonchev–Trinajstić information content (AvgIpc) is 2.82. The molecule has 3 heteroatoms. The molecule has 0 aromatic carbocycles. The number of anilines is 1. The Bertz CT molecular complexity index is 394. The van der Waals surface area contributed by atoms with Crippen molar-refractivity contribution >= 4 is 21.7 Å². The smallest absolute Gasteiger partial charge is 0.132 e. The number of hydrogen-bond donors (Lipinski definition) is 0. The van der Waals surface area contributed by atoms with Crippen LogP contribution in [-0.4, -0.2) is 17.6 Å². The molecule has 2 aliphatic rings. The summed E-state index contributed by atoms with van der Waals surface area (Å²) in [5, 5.41) is 0.907. The van der Waals surface area contributed by atoms with Gasteiger partial charge in [0.2, 0.25) is 0 Å². The second-order valence-corrected chi connectivity index (χ2v) is 5.77. The first-order chi connectivity index (χ1) is 8.40. The Morgan fingerprint density at radius 2 is 2.18 bits per heavy atom. The molecule has 2 nitrogen and oxygen atoms in total. The Labute approximate surface area is 112 Å². The van der Waals surface area contributed by atoms with Crippen molar-refractivity contribution in [2.45, 2.75) is 43.5 Å². The maximum atomic E-state index is 4.62. The molecular formula is C14H19BrN2. The van der Waals surface area contributed by atoms with Gasteiger partial charge in [0.1, 0.15) is 5.82 Å². The van der Waals surface area contributed by atoms with Crippen LogP contribution in [0.15, 0.2) is 18.3 Å². The second kappa shape index (κ2) is 4.97. The van der Waals surface area contributed by atoms with Crippen LogP contribution in [0, 0.1) is 5.92 Å². The fourth-order valence-corrected chi connectivity index (χ4v) is 3.90. The number of fused-ring (bicyclic) bond motifs is 1. The fraction of sp³-hybridized carbons (Fsp3) is 0.643. The van der Waals surface area contributed by atoms with Crippen molar-refractivity contribution in [3.63, 3.8) is 0 Å². The van der Waals surface area contributed by atoms with Crippen molar-refractivity contribution in [3.8, 4) is 0 Å². The van der Waals surface area contributed by atoms with Crippen molar-refractivity contribution < 1.29 is 0 Å². The lowest BCUT2D eigenvalue weighted by molar-refractivity contribution is 0.341. The van der Waals surface area contributed by atoms with E-state index in [1.807, 2.05) is 12.3 Å². The summed E-state index contributed by atoms with van der Waals surface area (Å²) in [6.45, 7) is 1.20. The first kappa shape index (κ1) is 11.5. The van der Waals surface area contributed by atoms with Gasteiger partial charge in [-0.1, -0.05) is 34.8 Å². The van der Waals surface area contributed by atoms with Gasteiger partial charge in [0, 0.05) is 29.7 Å². The van der Waals surface area contributed by atoms with Crippen LogP contribution in [0.3, 0.4) is 0 Å². The predicted octanol–water partition coefficient (Wildman–Crippen LogP) is 3.75. The summed E-state index contributed by atoms with van der Waals surface area (Å²) in [6.07, 6.45) is 8.91. The highest BCUT2D eigenvalue weighted by molar-refractivity contribution is 9.08. The quantitative estimate of drug-likeness (QED) is 0.773. The van der Waals surface area contributed by atoms with Crippen LogP contribution in [-0.2, 0) is 5.33 Å². The molecule has 1 saturated carbocycles. The summed E-state index contributed by atoms with van der Waals surface area (Å²) in [5.74, 6) is 2.15. The van der Waals surface area contributed by atoms with E-state index in [-0.39, 0.29) is 0 Å². The first-order valence-electron chi connectivity index (χ1n) is 6.66. The molecule has 2 atom stereocenters. The third kappa shape index (κ3) is 2.10. The molecule has 1 aliphatic carbocycles. The van der Waals surface area contributed by atoms with Crippen LogP contribution >= 0.6 is 15.9 Å². The van der Waals surface area contributed by atoms with Gasteiger partial charge < -0.3 is 4.90 Å². The van der Waals surface area contributed by atoms with E-state index in [0.717, 1.165) is 17.3 Å². The molecule has 1 saturated heterocycles.